The lowest BCUT2D eigenvalue weighted by Gasteiger charge is -2.09. The highest BCUT2D eigenvalue weighted by atomic mass is 19.4. The summed E-state index contributed by atoms with van der Waals surface area (Å²) in [5.74, 6) is -0.660. The van der Waals surface area contributed by atoms with E-state index in [1.165, 1.54) is 24.4 Å². The zero-order valence-electron chi connectivity index (χ0n) is 9.00. The number of alkyl halides is 3. The first-order valence-electron chi connectivity index (χ1n) is 5.01. The normalized spacial score (nSPS) is 11.3. The van der Waals surface area contributed by atoms with Gasteiger partial charge >= 0.3 is 6.18 Å². The summed E-state index contributed by atoms with van der Waals surface area (Å²) in [6.07, 6.45) is -3.09. The maximum atomic E-state index is 12.8. The lowest BCUT2D eigenvalue weighted by Crippen LogP contribution is -2.04. The molecule has 18 heavy (non-hydrogen) atoms. The van der Waals surface area contributed by atoms with Gasteiger partial charge < -0.3 is 5.32 Å². The number of benzene rings is 1. The maximum Gasteiger partial charge on any atom is 0.416 e. The molecule has 6 heteroatoms. The second kappa shape index (κ2) is 4.64. The van der Waals surface area contributed by atoms with E-state index in [2.05, 4.69) is 10.3 Å². The predicted octanol–water partition coefficient (Wildman–Crippen LogP) is 3.98. The fraction of sp³-hybridized carbons (Fsp3) is 0.0833. The molecule has 2 aromatic rings. The molecule has 0 saturated heterocycles. The van der Waals surface area contributed by atoms with Crippen LogP contribution < -0.4 is 5.32 Å². The molecule has 94 valence electrons. The highest BCUT2D eigenvalue weighted by Gasteiger charge is 2.29. The summed E-state index contributed by atoms with van der Waals surface area (Å²) in [4.78, 5) is 3.37. The lowest BCUT2D eigenvalue weighted by atomic mass is 10.2. The van der Waals surface area contributed by atoms with E-state index in [-0.39, 0.29) is 0 Å². The Morgan fingerprint density at radius 2 is 1.61 bits per heavy atom. The highest BCUT2D eigenvalue weighted by molar-refractivity contribution is 5.59. The number of nitrogens with one attached hydrogen (secondary N) is 1. The third kappa shape index (κ3) is 2.97. The molecule has 0 saturated carbocycles. The van der Waals surface area contributed by atoms with Gasteiger partial charge in [-0.25, -0.2) is 4.98 Å². The van der Waals surface area contributed by atoms with Gasteiger partial charge in [0.15, 0.2) is 0 Å². The molecular formula is C12H8F4N2. The molecule has 1 aromatic carbocycles. The Bertz CT molecular complexity index is 535. The van der Waals surface area contributed by atoms with Crippen molar-refractivity contribution in [2.24, 2.45) is 0 Å². The number of anilines is 2. The van der Waals surface area contributed by atoms with Crippen LogP contribution in [0.5, 0.6) is 0 Å². The molecule has 0 amide bonds. The van der Waals surface area contributed by atoms with Crippen molar-refractivity contribution in [1.29, 1.82) is 0 Å². The average molecular weight is 256 g/mol. The number of aromatic nitrogens is 1. The number of halogens is 4. The topological polar surface area (TPSA) is 24.9 Å². The average Bonchev–Trinajstić information content (AvgIpc) is 2.28. The van der Waals surface area contributed by atoms with E-state index in [0.29, 0.717) is 11.4 Å². The number of nitrogens with zero attached hydrogens (tertiary/aromatic N) is 1. The summed E-state index contributed by atoms with van der Waals surface area (Å²) >= 11 is 0. The van der Waals surface area contributed by atoms with Crippen molar-refractivity contribution in [3.05, 3.63) is 54.1 Å². The van der Waals surface area contributed by atoms with Crippen LogP contribution in [0, 0.1) is 5.95 Å². The molecular weight excluding hydrogens is 248 g/mol. The van der Waals surface area contributed by atoms with E-state index in [9.17, 15) is 17.6 Å². The molecule has 0 unspecified atom stereocenters. The van der Waals surface area contributed by atoms with Gasteiger partial charge in [-0.2, -0.15) is 17.6 Å². The van der Waals surface area contributed by atoms with Crippen LogP contribution in [0.1, 0.15) is 5.56 Å². The summed E-state index contributed by atoms with van der Waals surface area (Å²) in [5.41, 5.74) is 0.129. The maximum absolute atomic E-state index is 12.8. The number of hydrogen-bond acceptors (Lipinski definition) is 2. The smallest absolute Gasteiger partial charge is 0.355 e. The van der Waals surface area contributed by atoms with E-state index in [1.807, 2.05) is 0 Å². The van der Waals surface area contributed by atoms with Crippen LogP contribution >= 0.6 is 0 Å². The van der Waals surface area contributed by atoms with Gasteiger partial charge in [-0.05, 0) is 30.3 Å². The zero-order valence-corrected chi connectivity index (χ0v) is 9.00. The SMILES string of the molecule is Fc1cc(Nc2ccc(C(F)(F)F)cc2)ccn1. The van der Waals surface area contributed by atoms with E-state index in [1.54, 1.807) is 0 Å². The quantitative estimate of drug-likeness (QED) is 0.649. The Balaban J connectivity index is 2.16. The number of pyridine rings is 1. The Labute approximate surface area is 100 Å². The van der Waals surface area contributed by atoms with Gasteiger partial charge in [-0.15, -0.1) is 0 Å². The van der Waals surface area contributed by atoms with Gasteiger partial charge in [-0.3, -0.25) is 0 Å². The van der Waals surface area contributed by atoms with Crippen molar-refractivity contribution >= 4 is 11.4 Å². The summed E-state index contributed by atoms with van der Waals surface area (Å²) in [6, 6.07) is 7.14. The van der Waals surface area contributed by atoms with Gasteiger partial charge in [0.2, 0.25) is 5.95 Å². The summed E-state index contributed by atoms with van der Waals surface area (Å²) in [6.45, 7) is 0. The van der Waals surface area contributed by atoms with Gasteiger partial charge in [0, 0.05) is 23.6 Å². The highest BCUT2D eigenvalue weighted by Crippen LogP contribution is 2.30. The zero-order chi connectivity index (χ0) is 13.2. The molecule has 1 heterocycles. The van der Waals surface area contributed by atoms with E-state index >= 15 is 0 Å². The fourth-order valence-electron chi connectivity index (χ4n) is 1.39. The molecule has 1 N–H and O–H groups in total. The minimum absolute atomic E-state index is 0.419. The van der Waals surface area contributed by atoms with Crippen LogP contribution in [0.4, 0.5) is 28.9 Å². The molecule has 2 rings (SSSR count). The van der Waals surface area contributed by atoms with Crippen LogP contribution in [-0.2, 0) is 6.18 Å². The Morgan fingerprint density at radius 3 is 2.17 bits per heavy atom. The molecule has 1 aromatic heterocycles. The van der Waals surface area contributed by atoms with Crippen molar-refractivity contribution < 1.29 is 17.6 Å². The van der Waals surface area contributed by atoms with Crippen LogP contribution in [0.15, 0.2) is 42.6 Å². The molecule has 0 aliphatic heterocycles. The standard InChI is InChI=1S/C12H8F4N2/c13-11-7-10(5-6-17-11)18-9-3-1-8(2-4-9)12(14,15)16/h1-7H,(H,17,18). The lowest BCUT2D eigenvalue weighted by molar-refractivity contribution is -0.137. The minimum atomic E-state index is -4.36. The third-order valence-electron chi connectivity index (χ3n) is 2.23. The van der Waals surface area contributed by atoms with Crippen LogP contribution in [0.2, 0.25) is 0 Å². The first-order valence-corrected chi connectivity index (χ1v) is 5.01. The van der Waals surface area contributed by atoms with E-state index in [0.717, 1.165) is 18.2 Å². The van der Waals surface area contributed by atoms with E-state index in [4.69, 9.17) is 0 Å². The molecule has 0 aliphatic carbocycles. The monoisotopic (exact) mass is 256 g/mol. The third-order valence-corrected chi connectivity index (χ3v) is 2.23. The minimum Gasteiger partial charge on any atom is -0.355 e. The Hall–Kier alpha value is -2.11. The predicted molar refractivity (Wildman–Crippen MR) is 58.9 cm³/mol. The molecule has 0 aliphatic rings. The summed E-state index contributed by atoms with van der Waals surface area (Å²) in [5, 5.41) is 2.78. The van der Waals surface area contributed by atoms with Gasteiger partial charge in [0.25, 0.3) is 0 Å². The molecule has 0 spiro atoms. The van der Waals surface area contributed by atoms with Crippen LogP contribution in [-0.4, -0.2) is 4.98 Å². The molecule has 2 nitrogen and oxygen atoms in total. The number of rotatable bonds is 2. The fourth-order valence-corrected chi connectivity index (χ4v) is 1.39. The van der Waals surface area contributed by atoms with Crippen molar-refractivity contribution in [2.45, 2.75) is 6.18 Å². The molecule has 0 fully saturated rings. The van der Waals surface area contributed by atoms with Gasteiger partial charge in [0.1, 0.15) is 0 Å². The van der Waals surface area contributed by atoms with Crippen molar-refractivity contribution in [1.82, 2.24) is 4.98 Å². The van der Waals surface area contributed by atoms with Gasteiger partial charge in [0.05, 0.1) is 5.56 Å². The van der Waals surface area contributed by atoms with Crippen molar-refractivity contribution in [2.75, 3.05) is 5.32 Å². The Morgan fingerprint density at radius 1 is 0.944 bits per heavy atom. The first-order chi connectivity index (χ1) is 8.45. The molecule has 0 bridgehead atoms. The second-order valence-electron chi connectivity index (χ2n) is 3.57. The molecule has 0 radical (unpaired) electrons. The molecule has 0 atom stereocenters. The van der Waals surface area contributed by atoms with Gasteiger partial charge in [-0.1, -0.05) is 0 Å². The largest absolute Gasteiger partial charge is 0.416 e. The van der Waals surface area contributed by atoms with Crippen molar-refractivity contribution in [3.63, 3.8) is 0 Å². The number of hydrogen-bond donors (Lipinski definition) is 1. The van der Waals surface area contributed by atoms with Crippen LogP contribution in [0.3, 0.4) is 0 Å². The van der Waals surface area contributed by atoms with Crippen LogP contribution in [0.25, 0.3) is 0 Å². The van der Waals surface area contributed by atoms with Crippen molar-refractivity contribution in [3.8, 4) is 0 Å². The summed E-state index contributed by atoms with van der Waals surface area (Å²) < 4.78 is 49.8. The first kappa shape index (κ1) is 12.3. The summed E-state index contributed by atoms with van der Waals surface area (Å²) in [7, 11) is 0. The van der Waals surface area contributed by atoms with E-state index < -0.39 is 17.7 Å². The Kier molecular flexibility index (Phi) is 3.18. The second-order valence-corrected chi connectivity index (χ2v) is 3.57.